The Morgan fingerprint density at radius 3 is 2.67 bits per heavy atom. The van der Waals surface area contributed by atoms with Crippen LogP contribution in [0.4, 0.5) is 0 Å². The van der Waals surface area contributed by atoms with Gasteiger partial charge < -0.3 is 4.98 Å². The molecule has 0 bridgehead atoms. The molecule has 0 spiro atoms. The fourth-order valence-corrected chi connectivity index (χ4v) is 0.540. The van der Waals surface area contributed by atoms with Crippen LogP contribution in [-0.4, -0.2) is 8.96 Å². The number of H-pyrrole nitrogens is 1. The van der Waals surface area contributed by atoms with Gasteiger partial charge in [-0.15, -0.1) is 0 Å². The Kier molecular flexibility index (Phi) is 1.44. The first-order chi connectivity index (χ1) is 4.22. The van der Waals surface area contributed by atoms with E-state index >= 15 is 0 Å². The van der Waals surface area contributed by atoms with Crippen molar-refractivity contribution < 1.29 is 0 Å². The molecule has 9 heavy (non-hydrogen) atoms. The van der Waals surface area contributed by atoms with Crippen LogP contribution in [0.3, 0.4) is 0 Å². The summed E-state index contributed by atoms with van der Waals surface area (Å²) >= 11 is 3.57. The first-order valence-electron chi connectivity index (χ1n) is 2.22. The molecular formula is C4H4N2O2S. The van der Waals surface area contributed by atoms with Gasteiger partial charge in [-0.2, -0.15) is 0 Å². The number of aromatic amines is 1. The standard InChI is InChI=1S/C4H4N2O2S/c7-3-1-2-5-4(8)6(3)9/h1-2,9H,(H,5,8). The molecule has 48 valence electrons. The van der Waals surface area contributed by atoms with Crippen LogP contribution in [0.5, 0.6) is 0 Å². The van der Waals surface area contributed by atoms with E-state index in [-0.39, 0.29) is 0 Å². The van der Waals surface area contributed by atoms with E-state index in [1.165, 1.54) is 12.3 Å². The van der Waals surface area contributed by atoms with Crippen molar-refractivity contribution >= 4 is 12.8 Å². The predicted molar refractivity (Wildman–Crippen MR) is 35.7 cm³/mol. The van der Waals surface area contributed by atoms with Gasteiger partial charge in [-0.1, -0.05) is 12.8 Å². The zero-order chi connectivity index (χ0) is 6.85. The summed E-state index contributed by atoms with van der Waals surface area (Å²) in [5.41, 5.74) is -0.951. The highest BCUT2D eigenvalue weighted by Crippen LogP contribution is 1.67. The molecule has 0 aromatic carbocycles. The summed E-state index contributed by atoms with van der Waals surface area (Å²) in [5.74, 6) is 0. The third kappa shape index (κ3) is 1.05. The van der Waals surface area contributed by atoms with E-state index < -0.39 is 11.2 Å². The van der Waals surface area contributed by atoms with Crippen LogP contribution in [0.1, 0.15) is 0 Å². The molecule has 1 aromatic rings. The van der Waals surface area contributed by atoms with Crippen molar-refractivity contribution in [1.82, 2.24) is 8.96 Å². The van der Waals surface area contributed by atoms with Gasteiger partial charge >= 0.3 is 5.69 Å². The number of hydrogen-bond acceptors (Lipinski definition) is 3. The van der Waals surface area contributed by atoms with Gasteiger partial charge in [0.25, 0.3) is 5.56 Å². The number of thiol groups is 1. The summed E-state index contributed by atoms with van der Waals surface area (Å²) in [4.78, 5) is 23.2. The van der Waals surface area contributed by atoms with E-state index in [4.69, 9.17) is 0 Å². The molecule has 0 radical (unpaired) electrons. The Morgan fingerprint density at radius 1 is 1.56 bits per heavy atom. The van der Waals surface area contributed by atoms with E-state index in [1.54, 1.807) is 0 Å². The molecule has 0 aliphatic rings. The van der Waals surface area contributed by atoms with Gasteiger partial charge in [0.1, 0.15) is 0 Å². The van der Waals surface area contributed by atoms with Crippen LogP contribution in [0.2, 0.25) is 0 Å². The molecule has 1 aromatic heterocycles. The highest BCUT2D eigenvalue weighted by molar-refractivity contribution is 7.78. The lowest BCUT2D eigenvalue weighted by Crippen LogP contribution is -2.27. The molecule has 0 saturated carbocycles. The monoisotopic (exact) mass is 144 g/mol. The maximum absolute atomic E-state index is 10.5. The minimum absolute atomic E-state index is 0.429. The molecule has 0 fully saturated rings. The van der Waals surface area contributed by atoms with Crippen LogP contribution < -0.4 is 11.2 Å². The topological polar surface area (TPSA) is 54.9 Å². The van der Waals surface area contributed by atoms with Crippen molar-refractivity contribution in [2.45, 2.75) is 0 Å². The first kappa shape index (κ1) is 6.15. The molecular weight excluding hydrogens is 140 g/mol. The van der Waals surface area contributed by atoms with Crippen molar-refractivity contribution in [2.24, 2.45) is 0 Å². The quantitative estimate of drug-likeness (QED) is 0.470. The summed E-state index contributed by atoms with van der Waals surface area (Å²) in [7, 11) is 0. The summed E-state index contributed by atoms with van der Waals surface area (Å²) in [6, 6.07) is 1.22. The van der Waals surface area contributed by atoms with Crippen LogP contribution >= 0.6 is 12.8 Å². The second kappa shape index (κ2) is 2.10. The molecule has 1 N–H and O–H groups in total. The number of nitrogens with zero attached hydrogens (tertiary/aromatic N) is 1. The Morgan fingerprint density at radius 2 is 2.22 bits per heavy atom. The smallest absolute Gasteiger partial charge is 0.313 e. The molecule has 0 aliphatic carbocycles. The van der Waals surface area contributed by atoms with Crippen LogP contribution in [0, 0.1) is 0 Å². The molecule has 0 saturated heterocycles. The average molecular weight is 144 g/mol. The second-order valence-electron chi connectivity index (χ2n) is 1.43. The Balaban J connectivity index is 3.62. The molecule has 5 heteroatoms. The lowest BCUT2D eigenvalue weighted by Gasteiger charge is -1.87. The minimum Gasteiger partial charge on any atom is -0.313 e. The fourth-order valence-electron chi connectivity index (χ4n) is 0.416. The third-order valence-corrected chi connectivity index (χ3v) is 1.21. The maximum Gasteiger partial charge on any atom is 0.338 e. The predicted octanol–water partition coefficient (Wildman–Crippen LogP) is -0.770. The maximum atomic E-state index is 10.5. The highest BCUT2D eigenvalue weighted by Gasteiger charge is 1.89. The number of hydrogen-bond donors (Lipinski definition) is 2. The SMILES string of the molecule is O=c1cc[nH]c(=O)n1S. The van der Waals surface area contributed by atoms with Gasteiger partial charge in [0.15, 0.2) is 0 Å². The zero-order valence-corrected chi connectivity index (χ0v) is 5.26. The molecule has 0 aliphatic heterocycles. The first-order valence-corrected chi connectivity index (χ1v) is 2.62. The normalized spacial score (nSPS) is 9.44. The molecule has 1 rings (SSSR count). The van der Waals surface area contributed by atoms with Gasteiger partial charge in [0.05, 0.1) is 0 Å². The average Bonchev–Trinajstić information content (AvgIpc) is 1.83. The largest absolute Gasteiger partial charge is 0.338 e. The number of rotatable bonds is 0. The fraction of sp³-hybridized carbons (Fsp3) is 0. The summed E-state index contributed by atoms with van der Waals surface area (Å²) < 4.78 is 0.694. The van der Waals surface area contributed by atoms with E-state index in [1.807, 2.05) is 0 Å². The van der Waals surface area contributed by atoms with Crippen molar-refractivity contribution in [2.75, 3.05) is 0 Å². The lowest BCUT2D eigenvalue weighted by atomic mass is 10.7. The van der Waals surface area contributed by atoms with E-state index in [9.17, 15) is 9.59 Å². The Hall–Kier alpha value is -0.970. The summed E-state index contributed by atoms with van der Waals surface area (Å²) in [6.45, 7) is 0. The van der Waals surface area contributed by atoms with Crippen molar-refractivity contribution in [3.8, 4) is 0 Å². The zero-order valence-electron chi connectivity index (χ0n) is 4.37. The van der Waals surface area contributed by atoms with Gasteiger partial charge in [0, 0.05) is 12.3 Å². The molecule has 0 amide bonds. The van der Waals surface area contributed by atoms with Crippen LogP contribution in [-0.2, 0) is 0 Å². The molecule has 0 atom stereocenters. The van der Waals surface area contributed by atoms with Gasteiger partial charge in [-0.3, -0.25) is 4.79 Å². The van der Waals surface area contributed by atoms with E-state index in [2.05, 4.69) is 17.8 Å². The molecule has 4 nitrogen and oxygen atoms in total. The van der Waals surface area contributed by atoms with Gasteiger partial charge in [-0.05, 0) is 0 Å². The van der Waals surface area contributed by atoms with Crippen LogP contribution in [0.25, 0.3) is 0 Å². The number of nitrogens with one attached hydrogen (secondary N) is 1. The molecule has 0 unspecified atom stereocenters. The lowest BCUT2D eigenvalue weighted by molar-refractivity contribution is 0.986. The Labute approximate surface area is 55.7 Å². The highest BCUT2D eigenvalue weighted by atomic mass is 32.1. The second-order valence-corrected chi connectivity index (χ2v) is 1.83. The number of aromatic nitrogens is 2. The minimum atomic E-state index is -0.522. The Bertz CT molecular complexity index is 285. The van der Waals surface area contributed by atoms with Crippen molar-refractivity contribution in [1.29, 1.82) is 0 Å². The van der Waals surface area contributed by atoms with Crippen molar-refractivity contribution in [3.63, 3.8) is 0 Å². The molecule has 1 heterocycles. The van der Waals surface area contributed by atoms with Crippen molar-refractivity contribution in [3.05, 3.63) is 33.1 Å². The third-order valence-electron chi connectivity index (χ3n) is 0.834. The summed E-state index contributed by atoms with van der Waals surface area (Å²) in [6.07, 6.45) is 1.28. The van der Waals surface area contributed by atoms with E-state index in [0.717, 1.165) is 0 Å². The van der Waals surface area contributed by atoms with Gasteiger partial charge in [-0.25, -0.2) is 8.77 Å². The van der Waals surface area contributed by atoms with Crippen LogP contribution in [0.15, 0.2) is 21.9 Å². The van der Waals surface area contributed by atoms with E-state index in [0.29, 0.717) is 3.97 Å². The summed E-state index contributed by atoms with van der Waals surface area (Å²) in [5, 5.41) is 0. The van der Waals surface area contributed by atoms with Gasteiger partial charge in [0.2, 0.25) is 0 Å².